The largest absolute Gasteiger partial charge is 0.497 e. The molecule has 2 rings (SSSR count). The Morgan fingerprint density at radius 3 is 2.68 bits per heavy atom. The number of rotatable bonds is 6. The zero-order valence-electron chi connectivity index (χ0n) is 12.5. The molecule has 7 heteroatoms. The molecule has 0 radical (unpaired) electrons. The van der Waals surface area contributed by atoms with Crippen molar-refractivity contribution in [3.63, 3.8) is 0 Å². The average Bonchev–Trinajstić information content (AvgIpc) is 3.02. The third-order valence-electron chi connectivity index (χ3n) is 3.08. The second-order valence-corrected chi connectivity index (χ2v) is 5.84. The third kappa shape index (κ3) is 4.69. The molecule has 1 aromatic heterocycles. The Kier molecular flexibility index (Phi) is 7.31. The normalized spacial score (nSPS) is 11.4. The zero-order chi connectivity index (χ0) is 15.2. The topological polar surface area (TPSA) is 77.2 Å². The summed E-state index contributed by atoms with van der Waals surface area (Å²) in [4.78, 5) is 16.9. The van der Waals surface area contributed by atoms with Crippen molar-refractivity contribution in [2.75, 3.05) is 20.2 Å². The molecule has 22 heavy (non-hydrogen) atoms. The van der Waals surface area contributed by atoms with Crippen LogP contribution in [0, 0.1) is 5.92 Å². The Bertz CT molecular complexity index is 601. The molecule has 0 bridgehead atoms. The first-order chi connectivity index (χ1) is 10.1. The first-order valence-corrected chi connectivity index (χ1v) is 7.54. The second kappa shape index (κ2) is 8.73. The molecule has 1 heterocycles. The van der Waals surface area contributed by atoms with Gasteiger partial charge in [0.2, 0.25) is 0 Å². The van der Waals surface area contributed by atoms with Gasteiger partial charge >= 0.3 is 0 Å². The van der Waals surface area contributed by atoms with Gasteiger partial charge in [0.15, 0.2) is 0 Å². The van der Waals surface area contributed by atoms with Crippen molar-refractivity contribution < 1.29 is 9.53 Å². The number of nitrogens with two attached hydrogens (primary N) is 1. The Balaban J connectivity index is 0.00000242. The van der Waals surface area contributed by atoms with Gasteiger partial charge in [-0.15, -0.1) is 23.7 Å². The quantitative estimate of drug-likeness (QED) is 0.846. The lowest BCUT2D eigenvalue weighted by atomic mass is 10.2. The van der Waals surface area contributed by atoms with E-state index in [4.69, 9.17) is 10.5 Å². The van der Waals surface area contributed by atoms with Crippen molar-refractivity contribution in [2.24, 2.45) is 11.7 Å². The number of hydrogen-bond acceptors (Lipinski definition) is 5. The summed E-state index contributed by atoms with van der Waals surface area (Å²) in [6.45, 7) is 3.13. The molecule has 0 saturated carbocycles. The van der Waals surface area contributed by atoms with Crippen LogP contribution >= 0.6 is 23.7 Å². The summed E-state index contributed by atoms with van der Waals surface area (Å²) in [5.74, 6) is 0.958. The number of halogens is 1. The van der Waals surface area contributed by atoms with Crippen LogP contribution in [0.4, 0.5) is 0 Å². The summed E-state index contributed by atoms with van der Waals surface area (Å²) < 4.78 is 5.12. The van der Waals surface area contributed by atoms with Gasteiger partial charge in [-0.2, -0.15) is 0 Å². The Morgan fingerprint density at radius 1 is 1.41 bits per heavy atom. The van der Waals surface area contributed by atoms with Crippen molar-refractivity contribution in [3.8, 4) is 16.3 Å². The Labute approximate surface area is 140 Å². The maximum absolute atomic E-state index is 12.0. The number of nitrogens with one attached hydrogen (secondary N) is 1. The van der Waals surface area contributed by atoms with Crippen LogP contribution in [-0.4, -0.2) is 31.1 Å². The predicted molar refractivity (Wildman–Crippen MR) is 91.9 cm³/mol. The number of aromatic nitrogens is 1. The van der Waals surface area contributed by atoms with Gasteiger partial charge in [-0.1, -0.05) is 6.92 Å². The molecule has 5 nitrogen and oxygen atoms in total. The van der Waals surface area contributed by atoms with Gasteiger partial charge in [0.25, 0.3) is 5.91 Å². The zero-order valence-corrected chi connectivity index (χ0v) is 14.2. The SMILES string of the molecule is COc1ccc(-c2ncc(C(=O)NCC(C)CN)s2)cc1.Cl. The fraction of sp³-hybridized carbons (Fsp3) is 0.333. The van der Waals surface area contributed by atoms with Crippen molar-refractivity contribution in [2.45, 2.75) is 6.92 Å². The molecule has 0 aliphatic rings. The fourth-order valence-electron chi connectivity index (χ4n) is 1.68. The molecule has 0 saturated heterocycles. The molecule has 1 aromatic carbocycles. The number of nitrogens with zero attached hydrogens (tertiary/aromatic N) is 1. The van der Waals surface area contributed by atoms with E-state index in [0.717, 1.165) is 16.3 Å². The molecular weight excluding hydrogens is 322 g/mol. The van der Waals surface area contributed by atoms with Crippen LogP contribution in [0.15, 0.2) is 30.5 Å². The lowest BCUT2D eigenvalue weighted by Gasteiger charge is -2.08. The highest BCUT2D eigenvalue weighted by Gasteiger charge is 2.12. The second-order valence-electron chi connectivity index (χ2n) is 4.81. The van der Waals surface area contributed by atoms with Crippen LogP contribution in [0.25, 0.3) is 10.6 Å². The highest BCUT2D eigenvalue weighted by Crippen LogP contribution is 2.26. The first-order valence-electron chi connectivity index (χ1n) is 6.72. The molecule has 0 fully saturated rings. The van der Waals surface area contributed by atoms with Gasteiger partial charge in [0.05, 0.1) is 13.3 Å². The number of ether oxygens (including phenoxy) is 1. The van der Waals surface area contributed by atoms with E-state index < -0.39 is 0 Å². The van der Waals surface area contributed by atoms with E-state index in [1.54, 1.807) is 13.3 Å². The van der Waals surface area contributed by atoms with E-state index >= 15 is 0 Å². The van der Waals surface area contributed by atoms with Gasteiger partial charge in [-0.3, -0.25) is 4.79 Å². The highest BCUT2D eigenvalue weighted by atomic mass is 35.5. The van der Waals surface area contributed by atoms with Crippen molar-refractivity contribution in [3.05, 3.63) is 35.3 Å². The molecule has 0 aliphatic heterocycles. The number of hydrogen-bond donors (Lipinski definition) is 2. The Morgan fingerprint density at radius 2 is 2.09 bits per heavy atom. The molecule has 2 aromatic rings. The lowest BCUT2D eigenvalue weighted by Crippen LogP contribution is -2.30. The molecule has 1 amide bonds. The smallest absolute Gasteiger partial charge is 0.263 e. The maximum Gasteiger partial charge on any atom is 0.263 e. The monoisotopic (exact) mass is 341 g/mol. The number of carbonyl (C=O) groups excluding carboxylic acids is 1. The van der Waals surface area contributed by atoms with Gasteiger partial charge < -0.3 is 15.8 Å². The van der Waals surface area contributed by atoms with Crippen LogP contribution in [0.1, 0.15) is 16.6 Å². The van der Waals surface area contributed by atoms with Crippen LogP contribution in [0.2, 0.25) is 0 Å². The minimum atomic E-state index is -0.104. The number of thiazole rings is 1. The van der Waals surface area contributed by atoms with E-state index in [1.807, 2.05) is 31.2 Å². The van der Waals surface area contributed by atoms with E-state index in [0.29, 0.717) is 18.0 Å². The number of carbonyl (C=O) groups is 1. The summed E-state index contributed by atoms with van der Waals surface area (Å²) in [6, 6.07) is 7.60. The van der Waals surface area contributed by atoms with E-state index in [2.05, 4.69) is 10.3 Å². The fourth-order valence-corrected chi connectivity index (χ4v) is 2.52. The van der Waals surface area contributed by atoms with Crippen LogP contribution in [0.3, 0.4) is 0 Å². The minimum Gasteiger partial charge on any atom is -0.497 e. The van der Waals surface area contributed by atoms with Gasteiger partial charge in [0, 0.05) is 12.1 Å². The van der Waals surface area contributed by atoms with E-state index in [9.17, 15) is 4.79 Å². The summed E-state index contributed by atoms with van der Waals surface area (Å²) in [5, 5.41) is 3.68. The average molecular weight is 342 g/mol. The molecule has 120 valence electrons. The molecule has 1 atom stereocenters. The highest BCUT2D eigenvalue weighted by molar-refractivity contribution is 7.16. The summed E-state index contributed by atoms with van der Waals surface area (Å²) in [7, 11) is 1.63. The van der Waals surface area contributed by atoms with E-state index in [-0.39, 0.29) is 24.2 Å². The Hall–Kier alpha value is -1.63. The number of amides is 1. The van der Waals surface area contributed by atoms with Crippen molar-refractivity contribution in [1.29, 1.82) is 0 Å². The number of benzene rings is 1. The van der Waals surface area contributed by atoms with Crippen LogP contribution < -0.4 is 15.8 Å². The summed E-state index contributed by atoms with van der Waals surface area (Å²) >= 11 is 1.37. The third-order valence-corrected chi connectivity index (χ3v) is 4.13. The standard InChI is InChI=1S/C15H19N3O2S.ClH/c1-10(7-16)8-17-14(19)13-9-18-15(21-13)11-3-5-12(20-2)6-4-11;/h3-6,9-10H,7-8,16H2,1-2H3,(H,17,19);1H. The van der Waals surface area contributed by atoms with E-state index in [1.165, 1.54) is 11.3 Å². The van der Waals surface area contributed by atoms with Gasteiger partial charge in [-0.25, -0.2) is 4.98 Å². The molecule has 3 N–H and O–H groups in total. The first kappa shape index (κ1) is 18.4. The van der Waals surface area contributed by atoms with Crippen LogP contribution in [0.5, 0.6) is 5.75 Å². The molecule has 1 unspecified atom stereocenters. The van der Waals surface area contributed by atoms with Crippen molar-refractivity contribution >= 4 is 29.7 Å². The lowest BCUT2D eigenvalue weighted by molar-refractivity contribution is 0.0952. The van der Waals surface area contributed by atoms with Gasteiger partial charge in [0.1, 0.15) is 15.6 Å². The maximum atomic E-state index is 12.0. The minimum absolute atomic E-state index is 0. The summed E-state index contributed by atoms with van der Waals surface area (Å²) in [6.07, 6.45) is 1.60. The van der Waals surface area contributed by atoms with Crippen LogP contribution in [-0.2, 0) is 0 Å². The predicted octanol–water partition coefficient (Wildman–Crippen LogP) is 2.57. The molecule has 0 spiro atoms. The summed E-state index contributed by atoms with van der Waals surface area (Å²) in [5.41, 5.74) is 6.50. The van der Waals surface area contributed by atoms with Gasteiger partial charge in [-0.05, 0) is 36.7 Å². The molecular formula is C15H20ClN3O2S. The number of methoxy groups -OCH3 is 1. The molecule has 0 aliphatic carbocycles. The van der Waals surface area contributed by atoms with Crippen molar-refractivity contribution in [1.82, 2.24) is 10.3 Å².